The third kappa shape index (κ3) is 4.54. The zero-order chi connectivity index (χ0) is 21.5. The van der Waals surface area contributed by atoms with Crippen LogP contribution in [0.5, 0.6) is 0 Å². The maximum Gasteiger partial charge on any atom is 0.211 e. The van der Waals surface area contributed by atoms with Crippen molar-refractivity contribution in [1.29, 1.82) is 0 Å². The van der Waals surface area contributed by atoms with Gasteiger partial charge in [0.2, 0.25) is 5.13 Å². The minimum Gasteiger partial charge on any atom is -0.217 e. The molecule has 3 aromatic rings. The molecule has 0 atom stereocenters. The molecule has 0 saturated heterocycles. The average Bonchev–Trinajstić information content (AvgIpc) is 3.25. The van der Waals surface area contributed by atoms with Crippen molar-refractivity contribution in [3.63, 3.8) is 0 Å². The van der Waals surface area contributed by atoms with E-state index in [1.54, 1.807) is 23.5 Å². The Balaban J connectivity index is 1.73. The Hall–Kier alpha value is -1.92. The lowest BCUT2D eigenvalue weighted by Crippen LogP contribution is -2.14. The number of aromatic nitrogens is 3. The standard InChI is InChI=1S/C24H28FN3S2/c1-15(2)29-22-21(17-9-11-24(4,5)12-10-17)26-23(30-22)28-14-20(16(3)27-28)18-7-6-8-19(25)13-18/h6-9,13-15H,10-12H2,1-5H3. The zero-order valence-electron chi connectivity index (χ0n) is 18.2. The normalized spacial score (nSPS) is 16.2. The highest BCUT2D eigenvalue weighted by atomic mass is 32.2. The summed E-state index contributed by atoms with van der Waals surface area (Å²) in [4.78, 5) is 5.03. The largest absolute Gasteiger partial charge is 0.217 e. The van der Waals surface area contributed by atoms with Gasteiger partial charge in [-0.25, -0.2) is 14.1 Å². The Morgan fingerprint density at radius 3 is 2.73 bits per heavy atom. The highest BCUT2D eigenvalue weighted by Crippen LogP contribution is 2.43. The lowest BCUT2D eigenvalue weighted by molar-refractivity contribution is 0.334. The summed E-state index contributed by atoms with van der Waals surface area (Å²) in [6.45, 7) is 11.0. The number of halogens is 1. The van der Waals surface area contributed by atoms with E-state index in [0.717, 1.165) is 40.5 Å². The van der Waals surface area contributed by atoms with E-state index in [9.17, 15) is 4.39 Å². The highest BCUT2D eigenvalue weighted by Gasteiger charge is 2.26. The van der Waals surface area contributed by atoms with Gasteiger partial charge in [0.1, 0.15) is 5.82 Å². The van der Waals surface area contributed by atoms with E-state index in [-0.39, 0.29) is 5.82 Å². The van der Waals surface area contributed by atoms with Crippen molar-refractivity contribution in [2.45, 2.75) is 63.3 Å². The van der Waals surface area contributed by atoms with Crippen molar-refractivity contribution in [1.82, 2.24) is 14.8 Å². The maximum absolute atomic E-state index is 13.7. The molecule has 6 heteroatoms. The minimum atomic E-state index is -0.237. The number of nitrogens with zero attached hydrogens (tertiary/aromatic N) is 3. The van der Waals surface area contributed by atoms with Crippen LogP contribution in [0.2, 0.25) is 0 Å². The van der Waals surface area contributed by atoms with Crippen LogP contribution in [0.3, 0.4) is 0 Å². The van der Waals surface area contributed by atoms with Gasteiger partial charge in [-0.1, -0.05) is 57.2 Å². The van der Waals surface area contributed by atoms with Crippen molar-refractivity contribution >= 4 is 28.7 Å². The quantitative estimate of drug-likeness (QED) is 0.383. The zero-order valence-corrected chi connectivity index (χ0v) is 19.8. The van der Waals surface area contributed by atoms with Gasteiger partial charge >= 0.3 is 0 Å². The van der Waals surface area contributed by atoms with Gasteiger partial charge in [0.15, 0.2) is 0 Å². The van der Waals surface area contributed by atoms with E-state index in [1.165, 1.54) is 22.3 Å². The highest BCUT2D eigenvalue weighted by molar-refractivity contribution is 8.01. The van der Waals surface area contributed by atoms with E-state index in [4.69, 9.17) is 10.1 Å². The molecular formula is C24H28FN3S2. The van der Waals surface area contributed by atoms with Crippen LogP contribution in [0.4, 0.5) is 4.39 Å². The number of hydrogen-bond acceptors (Lipinski definition) is 4. The van der Waals surface area contributed by atoms with Gasteiger partial charge in [-0.05, 0) is 54.9 Å². The van der Waals surface area contributed by atoms with E-state index in [2.05, 4.69) is 33.8 Å². The molecule has 0 radical (unpaired) electrons. The number of aryl methyl sites for hydroxylation is 1. The molecule has 0 bridgehead atoms. The first-order valence-electron chi connectivity index (χ1n) is 10.4. The van der Waals surface area contributed by atoms with Gasteiger partial charge in [-0.3, -0.25) is 0 Å². The minimum absolute atomic E-state index is 0.237. The molecule has 2 heterocycles. The molecule has 1 aliphatic rings. The summed E-state index contributed by atoms with van der Waals surface area (Å²) in [5.74, 6) is -0.237. The second-order valence-electron chi connectivity index (χ2n) is 8.98. The molecule has 0 aliphatic heterocycles. The lowest BCUT2D eigenvalue weighted by atomic mass is 9.78. The van der Waals surface area contributed by atoms with E-state index >= 15 is 0 Å². The third-order valence-corrected chi connectivity index (χ3v) is 7.69. The molecule has 1 aromatic carbocycles. The maximum atomic E-state index is 13.7. The molecule has 158 valence electrons. The molecule has 0 unspecified atom stereocenters. The van der Waals surface area contributed by atoms with Gasteiger partial charge in [-0.15, -0.1) is 11.8 Å². The van der Waals surface area contributed by atoms with Crippen LogP contribution in [0.15, 0.2) is 40.7 Å². The van der Waals surface area contributed by atoms with E-state index in [1.807, 2.05) is 35.6 Å². The summed E-state index contributed by atoms with van der Waals surface area (Å²) in [5.41, 5.74) is 5.48. The molecular weight excluding hydrogens is 413 g/mol. The number of hydrogen-bond donors (Lipinski definition) is 0. The molecule has 0 spiro atoms. The fourth-order valence-corrected chi connectivity index (χ4v) is 6.15. The van der Waals surface area contributed by atoms with Crippen LogP contribution >= 0.6 is 23.1 Å². The SMILES string of the molecule is Cc1nn(-c2nc(C3=CCC(C)(C)CC3)c(SC(C)C)s2)cc1-c1cccc(F)c1. The number of thiazole rings is 1. The predicted octanol–water partition coefficient (Wildman–Crippen LogP) is 7.54. The van der Waals surface area contributed by atoms with Crippen LogP contribution in [0, 0.1) is 18.2 Å². The molecule has 2 aromatic heterocycles. The number of thioether (sulfide) groups is 1. The molecule has 0 fully saturated rings. The van der Waals surface area contributed by atoms with Crippen molar-refractivity contribution in [3.8, 4) is 16.3 Å². The third-order valence-electron chi connectivity index (χ3n) is 5.43. The Morgan fingerprint density at radius 1 is 1.27 bits per heavy atom. The van der Waals surface area contributed by atoms with Gasteiger partial charge in [0.05, 0.1) is 15.6 Å². The Bertz CT molecular complexity index is 1090. The summed E-state index contributed by atoms with van der Waals surface area (Å²) < 4.78 is 16.8. The summed E-state index contributed by atoms with van der Waals surface area (Å²) >= 11 is 3.56. The average molecular weight is 442 g/mol. The fourth-order valence-electron chi connectivity index (χ4n) is 3.68. The van der Waals surface area contributed by atoms with Gasteiger partial charge in [-0.2, -0.15) is 5.10 Å². The van der Waals surface area contributed by atoms with Crippen molar-refractivity contribution in [3.05, 3.63) is 53.7 Å². The molecule has 1 aliphatic carbocycles. The smallest absolute Gasteiger partial charge is 0.211 e. The second-order valence-corrected chi connectivity index (χ2v) is 11.8. The summed E-state index contributed by atoms with van der Waals surface area (Å²) in [5, 5.41) is 6.05. The van der Waals surface area contributed by atoms with Crippen molar-refractivity contribution < 1.29 is 4.39 Å². The first-order valence-corrected chi connectivity index (χ1v) is 12.1. The topological polar surface area (TPSA) is 30.7 Å². The fraction of sp³-hybridized carbons (Fsp3) is 0.417. The van der Waals surface area contributed by atoms with Crippen molar-refractivity contribution in [2.75, 3.05) is 0 Å². The van der Waals surface area contributed by atoms with Crippen LogP contribution in [-0.2, 0) is 0 Å². The molecule has 0 amide bonds. The Labute approximate surface area is 186 Å². The van der Waals surface area contributed by atoms with Crippen molar-refractivity contribution in [2.24, 2.45) is 5.41 Å². The van der Waals surface area contributed by atoms with Crippen LogP contribution in [0.1, 0.15) is 58.3 Å². The van der Waals surface area contributed by atoms with Crippen LogP contribution in [-0.4, -0.2) is 20.0 Å². The van der Waals surface area contributed by atoms with Gasteiger partial charge in [0, 0.05) is 17.0 Å². The van der Waals surface area contributed by atoms with E-state index in [0.29, 0.717) is 10.7 Å². The summed E-state index contributed by atoms with van der Waals surface area (Å²) in [7, 11) is 0. The lowest BCUT2D eigenvalue weighted by Gasteiger charge is -2.28. The molecule has 4 rings (SSSR count). The number of benzene rings is 1. The number of allylic oxidation sites excluding steroid dienone is 2. The summed E-state index contributed by atoms with van der Waals surface area (Å²) in [6.07, 6.45) is 7.68. The molecule has 3 nitrogen and oxygen atoms in total. The van der Waals surface area contributed by atoms with Crippen LogP contribution in [0.25, 0.3) is 21.8 Å². The van der Waals surface area contributed by atoms with Crippen LogP contribution < -0.4 is 0 Å². The molecule has 0 saturated carbocycles. The second kappa shape index (κ2) is 8.31. The molecule has 0 N–H and O–H groups in total. The van der Waals surface area contributed by atoms with E-state index < -0.39 is 0 Å². The predicted molar refractivity (Wildman–Crippen MR) is 126 cm³/mol. The Morgan fingerprint density at radius 2 is 2.07 bits per heavy atom. The monoisotopic (exact) mass is 441 g/mol. The van der Waals surface area contributed by atoms with Gasteiger partial charge < -0.3 is 0 Å². The Kier molecular flexibility index (Phi) is 5.90. The number of rotatable bonds is 5. The molecule has 30 heavy (non-hydrogen) atoms. The van der Waals surface area contributed by atoms with Gasteiger partial charge in [0.25, 0.3) is 0 Å². The summed E-state index contributed by atoms with van der Waals surface area (Å²) in [6, 6.07) is 6.66. The first-order chi connectivity index (χ1) is 14.2. The first kappa shape index (κ1) is 21.3.